The van der Waals surface area contributed by atoms with Crippen LogP contribution in [-0.2, 0) is 21.7 Å². The Kier molecular flexibility index (Phi) is 6.32. The van der Waals surface area contributed by atoms with Crippen LogP contribution in [0.25, 0.3) is 10.8 Å². The molecule has 0 spiro atoms. The highest BCUT2D eigenvalue weighted by molar-refractivity contribution is 9.10. The number of alkyl halides is 2. The molecule has 3 aromatic rings. The first-order chi connectivity index (χ1) is 13.1. The summed E-state index contributed by atoms with van der Waals surface area (Å²) in [5, 5.41) is 2.42. The van der Waals surface area contributed by atoms with Crippen molar-refractivity contribution in [3.63, 3.8) is 0 Å². The number of halogens is 3. The fourth-order valence-corrected chi connectivity index (χ4v) is 5.29. The Hall–Kier alpha value is -1.24. The molecule has 3 nitrogen and oxygen atoms in total. The normalized spacial score (nSPS) is 12.5. The summed E-state index contributed by atoms with van der Waals surface area (Å²) in [6, 6.07) is 16.4. The lowest BCUT2D eigenvalue weighted by Gasteiger charge is -2.19. The van der Waals surface area contributed by atoms with Crippen LogP contribution in [0.1, 0.15) is 22.3 Å². The van der Waals surface area contributed by atoms with E-state index in [2.05, 4.69) is 47.1 Å². The Morgan fingerprint density at radius 3 is 2.36 bits per heavy atom. The summed E-state index contributed by atoms with van der Waals surface area (Å²) in [7, 11) is -5.59. The number of benzene rings is 3. The lowest BCUT2D eigenvalue weighted by atomic mass is 10.0. The number of aryl methyl sites for hydroxylation is 1. The molecule has 8 heteroatoms. The molecule has 3 aromatic carbocycles. The van der Waals surface area contributed by atoms with Gasteiger partial charge in [0.05, 0.1) is 0 Å². The molecule has 0 fully saturated rings. The van der Waals surface area contributed by atoms with Crippen molar-refractivity contribution in [3.05, 3.63) is 81.3 Å². The lowest BCUT2D eigenvalue weighted by Crippen LogP contribution is -2.14. The summed E-state index contributed by atoms with van der Waals surface area (Å²) in [4.78, 5) is 17.8. The molecule has 0 radical (unpaired) electrons. The van der Waals surface area contributed by atoms with Crippen LogP contribution in [-0.4, -0.2) is 9.79 Å². The molecule has 0 bridgehead atoms. The molecule has 2 N–H and O–H groups in total. The second-order valence-electron chi connectivity index (χ2n) is 6.48. The van der Waals surface area contributed by atoms with Crippen molar-refractivity contribution in [1.29, 1.82) is 0 Å². The lowest BCUT2D eigenvalue weighted by molar-refractivity contribution is 0.0557. The fourth-order valence-electron chi connectivity index (χ4n) is 2.97. The molecule has 0 aromatic heterocycles. The second kappa shape index (κ2) is 8.25. The highest BCUT2D eigenvalue weighted by atomic mass is 79.9. The zero-order chi connectivity index (χ0) is 20.5. The van der Waals surface area contributed by atoms with Crippen molar-refractivity contribution in [2.75, 3.05) is 0 Å². The first-order valence-corrected chi connectivity index (χ1v) is 11.9. The van der Waals surface area contributed by atoms with Crippen molar-refractivity contribution in [1.82, 2.24) is 0 Å². The molecule has 28 heavy (non-hydrogen) atoms. The molecule has 0 heterocycles. The third kappa shape index (κ3) is 4.34. The van der Waals surface area contributed by atoms with Crippen LogP contribution in [0.2, 0.25) is 0 Å². The third-order valence-corrected chi connectivity index (χ3v) is 7.16. The topological polar surface area (TPSA) is 57.5 Å². The smallest absolute Gasteiger partial charge is 0.320 e. The van der Waals surface area contributed by atoms with Gasteiger partial charge in [0.25, 0.3) is 0 Å². The van der Waals surface area contributed by atoms with Crippen molar-refractivity contribution in [3.8, 4) is 0 Å². The van der Waals surface area contributed by atoms with Gasteiger partial charge in [0.2, 0.25) is 0 Å². The number of hydrogen-bond acceptors (Lipinski definition) is 2. The van der Waals surface area contributed by atoms with Crippen molar-refractivity contribution in [2.45, 2.75) is 24.1 Å². The summed E-state index contributed by atoms with van der Waals surface area (Å²) < 4.78 is 38.9. The summed E-state index contributed by atoms with van der Waals surface area (Å²) in [6.45, 7) is 2.08. The first kappa shape index (κ1) is 21.5. The third-order valence-electron chi connectivity index (χ3n) is 4.48. The molecule has 3 rings (SSSR count). The van der Waals surface area contributed by atoms with E-state index in [4.69, 9.17) is 9.79 Å². The quantitative estimate of drug-likeness (QED) is 0.386. The Balaban J connectivity index is 1.74. The molecule has 0 saturated carbocycles. The van der Waals surface area contributed by atoms with Gasteiger partial charge in [0.15, 0.2) is 0 Å². The van der Waals surface area contributed by atoms with Gasteiger partial charge in [-0.2, -0.15) is 20.5 Å². The van der Waals surface area contributed by atoms with E-state index < -0.39 is 18.8 Å². The van der Waals surface area contributed by atoms with Crippen LogP contribution < -0.4 is 0 Å². The number of fused-ring (bicyclic) bond motifs is 1. The maximum atomic E-state index is 13.9. The number of rotatable bonds is 6. The molecular weight excluding hydrogens is 469 g/mol. The van der Waals surface area contributed by atoms with E-state index in [0.717, 1.165) is 17.4 Å². The minimum absolute atomic E-state index is 0.0142. The molecule has 0 saturated heterocycles. The van der Waals surface area contributed by atoms with Crippen LogP contribution in [0.15, 0.2) is 59.1 Å². The highest BCUT2D eigenvalue weighted by Crippen LogP contribution is 2.60. The first-order valence-electron chi connectivity index (χ1n) is 8.38. The van der Waals surface area contributed by atoms with Crippen molar-refractivity contribution < 1.29 is 23.1 Å². The Morgan fingerprint density at radius 2 is 1.71 bits per heavy atom. The Morgan fingerprint density at radius 1 is 1.04 bits per heavy atom. The maximum absolute atomic E-state index is 13.9. The van der Waals surface area contributed by atoms with E-state index in [-0.39, 0.29) is 4.47 Å². The van der Waals surface area contributed by atoms with E-state index >= 15 is 0 Å². The average molecular weight is 487 g/mol. The van der Waals surface area contributed by atoms with Crippen molar-refractivity contribution >= 4 is 46.1 Å². The van der Waals surface area contributed by atoms with Crippen LogP contribution >= 0.6 is 35.3 Å². The predicted molar refractivity (Wildman–Crippen MR) is 114 cm³/mol. The van der Waals surface area contributed by atoms with Gasteiger partial charge in [-0.3, -0.25) is 4.57 Å². The molecule has 0 amide bonds. The van der Waals surface area contributed by atoms with Crippen LogP contribution in [0.5, 0.6) is 0 Å². The summed E-state index contributed by atoms with van der Waals surface area (Å²) in [5.74, 6) is 1.35. The summed E-state index contributed by atoms with van der Waals surface area (Å²) in [5.41, 5.74) is -1.72. The molecule has 0 aliphatic rings. The minimum Gasteiger partial charge on any atom is -0.320 e. The van der Waals surface area contributed by atoms with Crippen LogP contribution in [0.3, 0.4) is 0 Å². The standard InChI is InChI=1S/C20H18BrF2O3PS/c1-13-6-8-15(17-5-3-2-4-16(13)17)12-28-11-14-7-9-18(19(21)10-14)20(22,23)27(24,25)26/h2-10H,11-12H2,1H3,(H2,24,25,26). The van der Waals surface area contributed by atoms with E-state index in [0.29, 0.717) is 5.75 Å². The highest BCUT2D eigenvalue weighted by Gasteiger charge is 2.51. The SMILES string of the molecule is Cc1ccc(CSCc2ccc(C(F)(F)P(=O)(O)O)c(Br)c2)c2ccccc12. The van der Waals surface area contributed by atoms with Gasteiger partial charge in [-0.05, 0) is 40.5 Å². The summed E-state index contributed by atoms with van der Waals surface area (Å²) >= 11 is 4.67. The maximum Gasteiger partial charge on any atom is 0.399 e. The van der Waals surface area contributed by atoms with Gasteiger partial charge in [-0.1, -0.05) is 64.5 Å². The Labute approximate surface area is 174 Å². The van der Waals surface area contributed by atoms with E-state index in [1.807, 2.05) is 12.1 Å². The van der Waals surface area contributed by atoms with Gasteiger partial charge < -0.3 is 9.79 Å². The minimum atomic E-state index is -5.59. The molecule has 0 aliphatic carbocycles. The van der Waals surface area contributed by atoms with Gasteiger partial charge in [0.1, 0.15) is 0 Å². The predicted octanol–water partition coefficient (Wildman–Crippen LogP) is 6.57. The van der Waals surface area contributed by atoms with Crippen LogP contribution in [0, 0.1) is 6.92 Å². The zero-order valence-corrected chi connectivity index (χ0v) is 18.2. The van der Waals surface area contributed by atoms with Gasteiger partial charge >= 0.3 is 13.3 Å². The largest absolute Gasteiger partial charge is 0.399 e. The second-order valence-corrected chi connectivity index (χ2v) is 9.97. The number of hydrogen-bond donors (Lipinski definition) is 2. The monoisotopic (exact) mass is 486 g/mol. The van der Waals surface area contributed by atoms with E-state index in [9.17, 15) is 13.3 Å². The average Bonchev–Trinajstić information content (AvgIpc) is 2.63. The van der Waals surface area contributed by atoms with E-state index in [1.165, 1.54) is 34.0 Å². The van der Waals surface area contributed by atoms with Gasteiger partial charge in [-0.25, -0.2) is 0 Å². The molecular formula is C20H18BrF2O3PS. The Bertz CT molecular complexity index is 1070. The molecule has 0 atom stereocenters. The fraction of sp³-hybridized carbons (Fsp3) is 0.200. The van der Waals surface area contributed by atoms with Crippen LogP contribution in [0.4, 0.5) is 8.78 Å². The zero-order valence-electron chi connectivity index (χ0n) is 14.9. The van der Waals surface area contributed by atoms with Gasteiger partial charge in [0, 0.05) is 21.5 Å². The molecule has 0 unspecified atom stereocenters. The molecule has 0 aliphatic heterocycles. The van der Waals surface area contributed by atoms with Crippen molar-refractivity contribution in [2.24, 2.45) is 0 Å². The molecule has 148 valence electrons. The summed E-state index contributed by atoms with van der Waals surface area (Å²) in [6.07, 6.45) is 0. The van der Waals surface area contributed by atoms with Gasteiger partial charge in [-0.15, -0.1) is 0 Å². The van der Waals surface area contributed by atoms with E-state index in [1.54, 1.807) is 11.8 Å². The number of thioether (sulfide) groups is 1.